The smallest absolute Gasteiger partial charge is 0.326 e. The van der Waals surface area contributed by atoms with E-state index >= 15 is 0 Å². The molecule has 0 unspecified atom stereocenters. The van der Waals surface area contributed by atoms with Gasteiger partial charge in [0.25, 0.3) is 0 Å². The Morgan fingerprint density at radius 2 is 1.70 bits per heavy atom. The lowest BCUT2D eigenvalue weighted by atomic mass is 9.97. The molecule has 2 fully saturated rings. The third kappa shape index (κ3) is 10.8. The third-order valence-corrected chi connectivity index (χ3v) is 10.6. The first kappa shape index (κ1) is 43.5. The summed E-state index contributed by atoms with van der Waals surface area (Å²) in [6, 6.07) is 0.186. The van der Waals surface area contributed by atoms with Crippen LogP contribution in [0.4, 0.5) is 0 Å². The number of hydrogen-bond donors (Lipinski definition) is 10. The molecule has 0 bridgehead atoms. The highest BCUT2D eigenvalue weighted by molar-refractivity contribution is 7.80. The van der Waals surface area contributed by atoms with Gasteiger partial charge < -0.3 is 57.7 Å². The molecule has 20 heteroatoms. The largest absolute Gasteiger partial charge is 0.480 e. The summed E-state index contributed by atoms with van der Waals surface area (Å²) in [7, 11) is 0. The highest BCUT2D eigenvalue weighted by Crippen LogP contribution is 2.23. The number of β-amino-alcohol motifs (C(OH)–C–C–N with tert-alkyl or cyclic N) is 1. The number of carboxylic acids is 1. The number of aromatic nitrogens is 1. The predicted octanol–water partition coefficient (Wildman–Crippen LogP) is -2.50. The van der Waals surface area contributed by atoms with E-state index in [1.807, 2.05) is 31.2 Å². The van der Waals surface area contributed by atoms with Crippen LogP contribution in [0.2, 0.25) is 0 Å². The van der Waals surface area contributed by atoms with Gasteiger partial charge in [-0.2, -0.15) is 12.6 Å². The Labute approximate surface area is 328 Å². The molecule has 0 spiro atoms. The van der Waals surface area contributed by atoms with Crippen LogP contribution in [0.3, 0.4) is 0 Å². The van der Waals surface area contributed by atoms with Crippen molar-refractivity contribution in [3.8, 4) is 0 Å². The number of nitrogens with zero attached hydrogens (tertiary/aromatic N) is 2. The van der Waals surface area contributed by atoms with Gasteiger partial charge in [-0.05, 0) is 36.8 Å². The summed E-state index contributed by atoms with van der Waals surface area (Å²) >= 11 is 4.17. The molecule has 56 heavy (non-hydrogen) atoms. The number of amides is 7. The van der Waals surface area contributed by atoms with E-state index in [4.69, 9.17) is 11.5 Å². The van der Waals surface area contributed by atoms with E-state index in [2.05, 4.69) is 38.9 Å². The second-order valence-electron chi connectivity index (χ2n) is 14.2. The second kappa shape index (κ2) is 19.6. The molecule has 4 rings (SSSR count). The van der Waals surface area contributed by atoms with Gasteiger partial charge in [0.1, 0.15) is 30.2 Å². The number of primary amides is 1. The van der Waals surface area contributed by atoms with Crippen LogP contribution >= 0.6 is 12.6 Å². The minimum Gasteiger partial charge on any atom is -0.480 e. The number of H-pyrrole nitrogens is 1. The normalized spacial score (nSPS) is 20.7. The Morgan fingerprint density at radius 1 is 0.982 bits per heavy atom. The Kier molecular flexibility index (Phi) is 15.2. The predicted molar refractivity (Wildman–Crippen MR) is 204 cm³/mol. The molecule has 19 nitrogen and oxygen atoms in total. The zero-order valence-electron chi connectivity index (χ0n) is 31.2. The average Bonchev–Trinajstić information content (AvgIpc) is 3.92. The molecule has 2 aliphatic heterocycles. The van der Waals surface area contributed by atoms with Crippen molar-refractivity contribution in [1.29, 1.82) is 0 Å². The lowest BCUT2D eigenvalue weighted by Crippen LogP contribution is -2.60. The van der Waals surface area contributed by atoms with Crippen LogP contribution in [0.5, 0.6) is 0 Å². The molecule has 1 aromatic carbocycles. The molecule has 306 valence electrons. The van der Waals surface area contributed by atoms with Crippen LogP contribution in [-0.2, 0) is 44.8 Å². The van der Waals surface area contributed by atoms with Gasteiger partial charge in [0.2, 0.25) is 41.4 Å². The molecule has 11 N–H and O–H groups in total. The van der Waals surface area contributed by atoms with Crippen LogP contribution in [0.25, 0.3) is 10.9 Å². The Morgan fingerprint density at radius 3 is 2.36 bits per heavy atom. The molecule has 2 aromatic rings. The number of carboxylic acid groups (broad SMARTS) is 1. The Balaban J connectivity index is 1.36. The van der Waals surface area contributed by atoms with Crippen LogP contribution < -0.4 is 32.7 Å². The molecule has 3 heterocycles. The lowest BCUT2D eigenvalue weighted by molar-refractivity contribution is -0.149. The zero-order chi connectivity index (χ0) is 41.3. The summed E-state index contributed by atoms with van der Waals surface area (Å²) in [5, 5.41) is 30.6. The summed E-state index contributed by atoms with van der Waals surface area (Å²) in [5.41, 5.74) is 13.2. The summed E-state index contributed by atoms with van der Waals surface area (Å²) in [5.74, 6) is -7.31. The second-order valence-corrected chi connectivity index (χ2v) is 14.6. The van der Waals surface area contributed by atoms with Crippen molar-refractivity contribution in [2.45, 2.75) is 94.7 Å². The number of fused-ring (bicyclic) bond motifs is 1. The molecular weight excluding hydrogens is 751 g/mol. The average molecular weight is 802 g/mol. The fourth-order valence-electron chi connectivity index (χ4n) is 6.95. The number of carbonyl (C=O) groups is 8. The van der Waals surface area contributed by atoms with Crippen molar-refractivity contribution in [3.05, 3.63) is 36.0 Å². The van der Waals surface area contributed by atoms with Crippen molar-refractivity contribution in [3.63, 3.8) is 0 Å². The minimum absolute atomic E-state index is 0.179. The van der Waals surface area contributed by atoms with Crippen molar-refractivity contribution < 1.29 is 48.6 Å². The minimum atomic E-state index is -1.60. The van der Waals surface area contributed by atoms with Gasteiger partial charge in [-0.3, -0.25) is 33.6 Å². The quantitative estimate of drug-likeness (QED) is 0.0703. The van der Waals surface area contributed by atoms with Crippen LogP contribution in [0.1, 0.15) is 51.5 Å². The molecule has 1 aromatic heterocycles. The van der Waals surface area contributed by atoms with E-state index in [1.165, 1.54) is 4.90 Å². The molecule has 7 amide bonds. The molecule has 0 aliphatic carbocycles. The Hall–Kier alpha value is -5.21. The highest BCUT2D eigenvalue weighted by atomic mass is 32.1. The number of carbonyl (C=O) groups excluding carboxylic acids is 7. The maximum Gasteiger partial charge on any atom is 0.326 e. The molecular formula is C36H51N9O10S. The molecule has 0 saturated carbocycles. The van der Waals surface area contributed by atoms with E-state index in [0.29, 0.717) is 12.8 Å². The lowest BCUT2D eigenvalue weighted by Gasteiger charge is -2.32. The number of aromatic amines is 1. The first-order valence-electron chi connectivity index (χ1n) is 18.4. The summed E-state index contributed by atoms with van der Waals surface area (Å²) in [6.45, 7) is 2.98. The van der Waals surface area contributed by atoms with Crippen LogP contribution in [0, 0.1) is 5.92 Å². The SMILES string of the molecule is CC[C@H](C)[C@H](NC(=O)CNC(=O)[C@@H](N)Cc1c[nH]c2ccccc12)C(=O)N1CCC[C@@H]1C(=O)N[C@@H](CS)C(=O)N[C@@H](CC(N)=O)C(=O)N1C[C@H](O)C[C@H]1C(=O)O. The fourth-order valence-corrected chi connectivity index (χ4v) is 7.20. The number of aliphatic hydroxyl groups is 1. The van der Waals surface area contributed by atoms with E-state index < -0.39 is 103 Å². The van der Waals surface area contributed by atoms with Crippen molar-refractivity contribution in [1.82, 2.24) is 36.1 Å². The summed E-state index contributed by atoms with van der Waals surface area (Å²) in [6.07, 6.45) is 1.10. The van der Waals surface area contributed by atoms with Crippen molar-refractivity contribution in [2.75, 3.05) is 25.4 Å². The standard InChI is InChI=1S/C36H51N9O10S/c1-3-18(2)30(43-29(48)15-40-31(49)22(37)11-19-14-39-23-8-5-4-7-21(19)23)35(53)44-10-6-9-26(44)33(51)42-25(17-56)32(50)41-24(13-28(38)47)34(52)45-16-20(46)12-27(45)36(54)55/h4-5,7-8,14,18,20,22,24-27,30,39,46,56H,3,6,9-13,15-17,37H2,1-2H3,(H2,38,47)(H,40,49)(H,41,50)(H,42,51)(H,43,48)(H,54,55)/t18-,20+,22-,24-,25-,26+,27-,30-/m0/s1. The number of para-hydroxylation sites is 1. The number of rotatable bonds is 18. The number of likely N-dealkylation sites (tertiary alicyclic amines) is 2. The van der Waals surface area contributed by atoms with Gasteiger partial charge >= 0.3 is 5.97 Å². The van der Waals surface area contributed by atoms with Crippen molar-refractivity contribution in [2.24, 2.45) is 17.4 Å². The monoisotopic (exact) mass is 801 g/mol. The van der Waals surface area contributed by atoms with Gasteiger partial charge in [-0.15, -0.1) is 0 Å². The molecule has 0 radical (unpaired) electrons. The topological polar surface area (TPSA) is 299 Å². The zero-order valence-corrected chi connectivity index (χ0v) is 32.1. The van der Waals surface area contributed by atoms with Crippen LogP contribution in [0.15, 0.2) is 30.5 Å². The summed E-state index contributed by atoms with van der Waals surface area (Å²) < 4.78 is 0. The Bertz CT molecular complexity index is 1810. The number of nitrogens with one attached hydrogen (secondary N) is 5. The maximum atomic E-state index is 13.9. The van der Waals surface area contributed by atoms with Gasteiger partial charge in [0, 0.05) is 42.4 Å². The number of benzene rings is 1. The van der Waals surface area contributed by atoms with E-state index in [1.54, 1.807) is 13.1 Å². The maximum absolute atomic E-state index is 13.9. The van der Waals surface area contributed by atoms with Gasteiger partial charge in [-0.1, -0.05) is 38.5 Å². The first-order chi connectivity index (χ1) is 26.6. The van der Waals surface area contributed by atoms with Crippen molar-refractivity contribution >= 4 is 70.9 Å². The molecule has 2 saturated heterocycles. The van der Waals surface area contributed by atoms with E-state index in [9.17, 15) is 48.6 Å². The first-order valence-corrected chi connectivity index (χ1v) is 19.1. The van der Waals surface area contributed by atoms with E-state index in [-0.39, 0.29) is 44.0 Å². The van der Waals surface area contributed by atoms with Gasteiger partial charge in [-0.25, -0.2) is 4.79 Å². The number of nitrogens with two attached hydrogens (primary N) is 2. The van der Waals surface area contributed by atoms with E-state index in [0.717, 1.165) is 21.4 Å². The van der Waals surface area contributed by atoms with Gasteiger partial charge in [0.15, 0.2) is 0 Å². The van der Waals surface area contributed by atoms with Crippen LogP contribution in [-0.4, -0.2) is 140 Å². The third-order valence-electron chi connectivity index (χ3n) is 10.2. The highest BCUT2D eigenvalue weighted by Gasteiger charge is 2.43. The summed E-state index contributed by atoms with van der Waals surface area (Å²) in [4.78, 5) is 109. The number of aliphatic carboxylic acids is 1. The number of thiol groups is 1. The molecule has 2 aliphatic rings. The number of aliphatic hydroxyl groups excluding tert-OH is 1. The van der Waals surface area contributed by atoms with Gasteiger partial charge in [0.05, 0.1) is 25.1 Å². The molecule has 8 atom stereocenters. The number of hydrogen-bond acceptors (Lipinski definition) is 11. The fraction of sp³-hybridized carbons (Fsp3) is 0.556.